The summed E-state index contributed by atoms with van der Waals surface area (Å²) in [6.07, 6.45) is 0.773. The molecule has 1 fully saturated rings. The lowest BCUT2D eigenvalue weighted by atomic mass is 10.2. The maximum absolute atomic E-state index is 11.9. The van der Waals surface area contributed by atoms with Crippen LogP contribution in [-0.4, -0.2) is 28.9 Å². The molecule has 1 heterocycles. The Morgan fingerprint density at radius 2 is 2.16 bits per heavy atom. The van der Waals surface area contributed by atoms with Gasteiger partial charge in [0.1, 0.15) is 6.04 Å². The summed E-state index contributed by atoms with van der Waals surface area (Å²) in [4.78, 5) is 33.8. The van der Waals surface area contributed by atoms with Crippen molar-refractivity contribution in [3.63, 3.8) is 0 Å². The van der Waals surface area contributed by atoms with Crippen molar-refractivity contribution < 1.29 is 19.5 Å². The molecule has 19 heavy (non-hydrogen) atoms. The molecule has 1 aliphatic heterocycles. The number of nitrogens with one attached hydrogen (secondary N) is 2. The Kier molecular flexibility index (Phi) is 3.84. The van der Waals surface area contributed by atoms with Crippen LogP contribution >= 0.6 is 15.9 Å². The van der Waals surface area contributed by atoms with Crippen LogP contribution in [0.1, 0.15) is 23.2 Å². The lowest BCUT2D eigenvalue weighted by molar-refractivity contribution is -0.122. The van der Waals surface area contributed by atoms with Crippen molar-refractivity contribution in [1.82, 2.24) is 5.32 Å². The van der Waals surface area contributed by atoms with Gasteiger partial charge in [0, 0.05) is 10.9 Å². The summed E-state index contributed by atoms with van der Waals surface area (Å²) < 4.78 is 0.579. The quantitative estimate of drug-likeness (QED) is 0.781. The number of carboxylic acid groups (broad SMARTS) is 1. The highest BCUT2D eigenvalue weighted by molar-refractivity contribution is 9.10. The molecule has 0 aliphatic carbocycles. The van der Waals surface area contributed by atoms with Gasteiger partial charge < -0.3 is 15.7 Å². The molecule has 3 N–H and O–H groups in total. The molecule has 1 aromatic rings. The van der Waals surface area contributed by atoms with Gasteiger partial charge in [0.05, 0.1) is 11.3 Å². The highest BCUT2D eigenvalue weighted by Gasteiger charge is 2.27. The van der Waals surface area contributed by atoms with E-state index in [2.05, 4.69) is 26.6 Å². The van der Waals surface area contributed by atoms with Crippen LogP contribution in [0.25, 0.3) is 0 Å². The minimum Gasteiger partial charge on any atom is -0.478 e. The minimum absolute atomic E-state index is 0.0777. The fourth-order valence-electron chi connectivity index (χ4n) is 1.78. The first kappa shape index (κ1) is 13.5. The van der Waals surface area contributed by atoms with Gasteiger partial charge in [0.2, 0.25) is 11.8 Å². The first-order chi connectivity index (χ1) is 8.97. The highest BCUT2D eigenvalue weighted by atomic mass is 79.9. The zero-order valence-corrected chi connectivity index (χ0v) is 11.4. The van der Waals surface area contributed by atoms with Crippen molar-refractivity contribution in [3.05, 3.63) is 28.2 Å². The summed E-state index contributed by atoms with van der Waals surface area (Å²) in [7, 11) is 0. The van der Waals surface area contributed by atoms with Gasteiger partial charge in [-0.2, -0.15) is 0 Å². The number of carbonyl (C=O) groups is 3. The molecule has 7 heteroatoms. The predicted octanol–water partition coefficient (Wildman–Crippen LogP) is 1.36. The molecule has 0 spiro atoms. The molecule has 0 aromatic heterocycles. The van der Waals surface area contributed by atoms with Crippen LogP contribution in [-0.2, 0) is 9.59 Å². The van der Waals surface area contributed by atoms with Gasteiger partial charge in [-0.15, -0.1) is 0 Å². The summed E-state index contributed by atoms with van der Waals surface area (Å²) in [6, 6.07) is 3.78. The maximum atomic E-state index is 11.9. The van der Waals surface area contributed by atoms with Crippen LogP contribution in [0.4, 0.5) is 5.69 Å². The van der Waals surface area contributed by atoms with Crippen molar-refractivity contribution in [1.29, 1.82) is 0 Å². The average molecular weight is 327 g/mol. The number of benzene rings is 1. The number of amides is 2. The van der Waals surface area contributed by atoms with E-state index in [0.29, 0.717) is 23.0 Å². The van der Waals surface area contributed by atoms with Crippen LogP contribution in [0.3, 0.4) is 0 Å². The summed E-state index contributed by atoms with van der Waals surface area (Å²) in [6.45, 7) is 0. The Balaban J connectivity index is 2.14. The van der Waals surface area contributed by atoms with Crippen molar-refractivity contribution >= 4 is 39.4 Å². The molecule has 2 amide bonds. The van der Waals surface area contributed by atoms with Gasteiger partial charge in [-0.1, -0.05) is 0 Å². The molecule has 1 aromatic carbocycles. The molecular formula is C12H11BrN2O4. The van der Waals surface area contributed by atoms with Crippen molar-refractivity contribution in [2.24, 2.45) is 0 Å². The third kappa shape index (κ3) is 3.11. The van der Waals surface area contributed by atoms with Crippen molar-refractivity contribution in [2.75, 3.05) is 5.32 Å². The third-order valence-corrected chi connectivity index (χ3v) is 3.47. The summed E-state index contributed by atoms with van der Waals surface area (Å²) in [5, 5.41) is 14.0. The Labute approximate surface area is 117 Å². The van der Waals surface area contributed by atoms with Crippen LogP contribution in [0.2, 0.25) is 0 Å². The normalized spacial score (nSPS) is 17.9. The number of halogens is 1. The molecule has 0 radical (unpaired) electrons. The Hall–Kier alpha value is -1.89. The molecular weight excluding hydrogens is 316 g/mol. The summed E-state index contributed by atoms with van der Waals surface area (Å²) >= 11 is 3.23. The van der Waals surface area contributed by atoms with E-state index in [1.165, 1.54) is 12.1 Å². The van der Waals surface area contributed by atoms with E-state index < -0.39 is 12.0 Å². The van der Waals surface area contributed by atoms with E-state index in [1.54, 1.807) is 6.07 Å². The SMILES string of the molecule is O=C1CCC(C(=O)Nc2cc(C(=O)O)ccc2Br)N1. The summed E-state index contributed by atoms with van der Waals surface area (Å²) in [5.74, 6) is -1.58. The van der Waals surface area contributed by atoms with Gasteiger partial charge in [0.25, 0.3) is 0 Å². The van der Waals surface area contributed by atoms with Gasteiger partial charge in [-0.3, -0.25) is 9.59 Å². The molecule has 1 atom stereocenters. The fraction of sp³-hybridized carbons (Fsp3) is 0.250. The lowest BCUT2D eigenvalue weighted by Gasteiger charge is -2.12. The number of carbonyl (C=O) groups excluding carboxylic acids is 2. The predicted molar refractivity (Wildman–Crippen MR) is 70.9 cm³/mol. The van der Waals surface area contributed by atoms with Crippen molar-refractivity contribution in [2.45, 2.75) is 18.9 Å². The number of carboxylic acids is 1. The molecule has 100 valence electrons. The monoisotopic (exact) mass is 326 g/mol. The number of rotatable bonds is 3. The molecule has 0 bridgehead atoms. The van der Waals surface area contributed by atoms with E-state index in [1.807, 2.05) is 0 Å². The van der Waals surface area contributed by atoms with Crippen LogP contribution in [0.15, 0.2) is 22.7 Å². The van der Waals surface area contributed by atoms with Crippen LogP contribution < -0.4 is 10.6 Å². The Morgan fingerprint density at radius 3 is 2.74 bits per heavy atom. The topological polar surface area (TPSA) is 95.5 Å². The molecule has 1 aliphatic rings. The number of anilines is 1. The molecule has 1 saturated heterocycles. The molecule has 2 rings (SSSR count). The largest absolute Gasteiger partial charge is 0.478 e. The second-order valence-electron chi connectivity index (χ2n) is 4.15. The van der Waals surface area contributed by atoms with Crippen LogP contribution in [0.5, 0.6) is 0 Å². The van der Waals surface area contributed by atoms with Gasteiger partial charge >= 0.3 is 5.97 Å². The van der Waals surface area contributed by atoms with E-state index >= 15 is 0 Å². The standard InChI is InChI=1S/C12H11BrN2O4/c13-7-2-1-6(12(18)19)5-9(7)15-11(17)8-3-4-10(16)14-8/h1-2,5,8H,3-4H2,(H,14,16)(H,15,17)(H,18,19). The second kappa shape index (κ2) is 5.40. The highest BCUT2D eigenvalue weighted by Crippen LogP contribution is 2.24. The Bertz CT molecular complexity index is 559. The van der Waals surface area contributed by atoms with Gasteiger partial charge in [-0.25, -0.2) is 4.79 Å². The average Bonchev–Trinajstić information content (AvgIpc) is 2.78. The molecule has 0 saturated carbocycles. The maximum Gasteiger partial charge on any atom is 0.335 e. The fourth-order valence-corrected chi connectivity index (χ4v) is 2.13. The second-order valence-corrected chi connectivity index (χ2v) is 5.00. The van der Waals surface area contributed by atoms with E-state index in [4.69, 9.17) is 5.11 Å². The smallest absolute Gasteiger partial charge is 0.335 e. The first-order valence-corrected chi connectivity index (χ1v) is 6.40. The van der Waals surface area contributed by atoms with E-state index in [9.17, 15) is 14.4 Å². The third-order valence-electron chi connectivity index (χ3n) is 2.78. The Morgan fingerprint density at radius 1 is 1.42 bits per heavy atom. The van der Waals surface area contributed by atoms with Crippen molar-refractivity contribution in [3.8, 4) is 0 Å². The number of hydrogen-bond acceptors (Lipinski definition) is 3. The van der Waals surface area contributed by atoms with E-state index in [0.717, 1.165) is 0 Å². The zero-order chi connectivity index (χ0) is 14.0. The molecule has 1 unspecified atom stereocenters. The van der Waals surface area contributed by atoms with Gasteiger partial charge in [-0.05, 0) is 40.5 Å². The molecule has 6 nitrogen and oxygen atoms in total. The first-order valence-electron chi connectivity index (χ1n) is 5.60. The minimum atomic E-state index is -1.07. The van der Waals surface area contributed by atoms with E-state index in [-0.39, 0.29) is 17.4 Å². The summed E-state index contributed by atoms with van der Waals surface area (Å²) in [5.41, 5.74) is 0.444. The number of hydrogen-bond donors (Lipinski definition) is 3. The number of aromatic carboxylic acids is 1. The zero-order valence-electron chi connectivity index (χ0n) is 9.77. The lowest BCUT2D eigenvalue weighted by Crippen LogP contribution is -2.37. The van der Waals surface area contributed by atoms with Gasteiger partial charge in [0.15, 0.2) is 0 Å². The van der Waals surface area contributed by atoms with Crippen LogP contribution in [0, 0.1) is 0 Å².